The van der Waals surface area contributed by atoms with Crippen LogP contribution in [0.15, 0.2) is 18.2 Å². The normalized spacial score (nSPS) is 9.67. The van der Waals surface area contributed by atoms with Crippen LogP contribution in [0.2, 0.25) is 0 Å². The van der Waals surface area contributed by atoms with E-state index in [0.29, 0.717) is 25.4 Å². The zero-order valence-corrected chi connectivity index (χ0v) is 8.59. The fourth-order valence-electron chi connectivity index (χ4n) is 1.19. The minimum absolute atomic E-state index is 0.0500. The van der Waals surface area contributed by atoms with Gasteiger partial charge in [0.25, 0.3) is 0 Å². The van der Waals surface area contributed by atoms with Crippen LogP contribution in [0.5, 0.6) is 0 Å². The molecule has 3 nitrogen and oxygen atoms in total. The van der Waals surface area contributed by atoms with Gasteiger partial charge >= 0.3 is 0 Å². The molecular formula is C11H13FN2O. The summed E-state index contributed by atoms with van der Waals surface area (Å²) in [4.78, 5) is 0. The van der Waals surface area contributed by atoms with Gasteiger partial charge in [0.05, 0.1) is 12.3 Å². The Morgan fingerprint density at radius 3 is 3.00 bits per heavy atom. The van der Waals surface area contributed by atoms with Crippen LogP contribution in [0.1, 0.15) is 12.5 Å². The van der Waals surface area contributed by atoms with Crippen LogP contribution < -0.4 is 5.32 Å². The Morgan fingerprint density at radius 1 is 1.53 bits per heavy atom. The van der Waals surface area contributed by atoms with Gasteiger partial charge in [-0.1, -0.05) is 6.07 Å². The van der Waals surface area contributed by atoms with Crippen LogP contribution in [0.4, 0.5) is 10.1 Å². The molecule has 1 rings (SSSR count). The quantitative estimate of drug-likeness (QED) is 0.754. The van der Waals surface area contributed by atoms with Crippen LogP contribution in [-0.4, -0.2) is 19.8 Å². The highest BCUT2D eigenvalue weighted by Gasteiger charge is 2.06. The Labute approximate surface area is 88.5 Å². The second-order valence-corrected chi connectivity index (χ2v) is 2.90. The molecule has 0 amide bonds. The number of hydrogen-bond donors (Lipinski definition) is 1. The minimum atomic E-state index is -0.501. The highest BCUT2D eigenvalue weighted by Crippen LogP contribution is 2.17. The minimum Gasteiger partial charge on any atom is -0.382 e. The molecule has 0 aromatic heterocycles. The van der Waals surface area contributed by atoms with Crippen molar-refractivity contribution in [3.8, 4) is 6.07 Å². The summed E-state index contributed by atoms with van der Waals surface area (Å²) in [7, 11) is 0. The fraction of sp³-hybridized carbons (Fsp3) is 0.364. The Morgan fingerprint density at radius 2 is 2.33 bits per heavy atom. The molecule has 1 N–H and O–H groups in total. The number of nitrogens with one attached hydrogen (secondary N) is 1. The van der Waals surface area contributed by atoms with Crippen molar-refractivity contribution in [2.45, 2.75) is 6.92 Å². The number of ether oxygens (including phenoxy) is 1. The molecule has 0 radical (unpaired) electrons. The van der Waals surface area contributed by atoms with Crippen molar-refractivity contribution >= 4 is 5.69 Å². The number of hydrogen-bond acceptors (Lipinski definition) is 3. The van der Waals surface area contributed by atoms with Crippen LogP contribution in [0.25, 0.3) is 0 Å². The molecule has 1 aromatic rings. The van der Waals surface area contributed by atoms with Crippen molar-refractivity contribution in [2.75, 3.05) is 25.1 Å². The van der Waals surface area contributed by atoms with Gasteiger partial charge in [0.2, 0.25) is 0 Å². The average Bonchev–Trinajstić information content (AvgIpc) is 2.24. The molecule has 0 spiro atoms. The zero-order chi connectivity index (χ0) is 11.1. The van der Waals surface area contributed by atoms with E-state index in [1.807, 2.05) is 13.0 Å². The van der Waals surface area contributed by atoms with Gasteiger partial charge in [-0.05, 0) is 19.1 Å². The van der Waals surface area contributed by atoms with Gasteiger partial charge in [0.15, 0.2) is 0 Å². The lowest BCUT2D eigenvalue weighted by Crippen LogP contribution is -2.10. The van der Waals surface area contributed by atoms with Crippen LogP contribution >= 0.6 is 0 Å². The highest BCUT2D eigenvalue weighted by molar-refractivity contribution is 5.57. The number of anilines is 1. The summed E-state index contributed by atoms with van der Waals surface area (Å²) >= 11 is 0. The number of halogens is 1. The molecule has 0 atom stereocenters. The van der Waals surface area contributed by atoms with Gasteiger partial charge in [0, 0.05) is 13.2 Å². The van der Waals surface area contributed by atoms with Gasteiger partial charge in [0.1, 0.15) is 17.4 Å². The van der Waals surface area contributed by atoms with Crippen LogP contribution in [0.3, 0.4) is 0 Å². The molecule has 80 valence electrons. The predicted molar refractivity (Wildman–Crippen MR) is 56.1 cm³/mol. The Bertz CT molecular complexity index is 360. The van der Waals surface area contributed by atoms with E-state index in [4.69, 9.17) is 10.00 Å². The molecule has 0 aliphatic heterocycles. The predicted octanol–water partition coefficient (Wildman–Crippen LogP) is 2.15. The molecule has 0 aliphatic carbocycles. The lowest BCUT2D eigenvalue weighted by molar-refractivity contribution is 0.158. The maximum atomic E-state index is 13.1. The molecule has 0 aliphatic rings. The number of rotatable bonds is 5. The third-order valence-electron chi connectivity index (χ3n) is 1.89. The van der Waals surface area contributed by atoms with E-state index in [9.17, 15) is 4.39 Å². The number of nitriles is 1. The smallest absolute Gasteiger partial charge is 0.143 e. The lowest BCUT2D eigenvalue weighted by Gasteiger charge is -2.08. The van der Waals surface area contributed by atoms with Gasteiger partial charge < -0.3 is 10.1 Å². The Kier molecular flexibility index (Phi) is 4.58. The van der Waals surface area contributed by atoms with E-state index in [2.05, 4.69) is 5.32 Å². The van der Waals surface area contributed by atoms with E-state index < -0.39 is 5.82 Å². The first-order valence-electron chi connectivity index (χ1n) is 4.79. The molecule has 0 heterocycles. The zero-order valence-electron chi connectivity index (χ0n) is 8.59. The van der Waals surface area contributed by atoms with E-state index in [-0.39, 0.29) is 5.56 Å². The summed E-state index contributed by atoms with van der Waals surface area (Å²) < 4.78 is 18.3. The topological polar surface area (TPSA) is 45.0 Å². The summed E-state index contributed by atoms with van der Waals surface area (Å²) in [5.41, 5.74) is 0.561. The first-order chi connectivity index (χ1) is 7.29. The van der Waals surface area contributed by atoms with Gasteiger partial charge in [-0.15, -0.1) is 0 Å². The molecule has 4 heteroatoms. The Hall–Kier alpha value is -1.60. The second kappa shape index (κ2) is 5.99. The molecule has 0 saturated carbocycles. The first-order valence-corrected chi connectivity index (χ1v) is 4.79. The van der Waals surface area contributed by atoms with Crippen LogP contribution in [-0.2, 0) is 4.74 Å². The number of benzene rings is 1. The number of nitrogens with zero attached hydrogens (tertiary/aromatic N) is 1. The summed E-state index contributed by atoms with van der Waals surface area (Å²) in [5, 5.41) is 11.7. The molecule has 0 saturated heterocycles. The van der Waals surface area contributed by atoms with Crippen molar-refractivity contribution in [3.05, 3.63) is 29.6 Å². The van der Waals surface area contributed by atoms with Crippen molar-refractivity contribution in [1.82, 2.24) is 0 Å². The van der Waals surface area contributed by atoms with Crippen molar-refractivity contribution in [1.29, 1.82) is 5.26 Å². The summed E-state index contributed by atoms with van der Waals surface area (Å²) in [6.45, 7) is 3.66. The molecule has 0 fully saturated rings. The third-order valence-corrected chi connectivity index (χ3v) is 1.89. The molecule has 1 aromatic carbocycles. The van der Waals surface area contributed by atoms with E-state index in [1.165, 1.54) is 6.07 Å². The lowest BCUT2D eigenvalue weighted by atomic mass is 10.2. The molecular weight excluding hydrogens is 195 g/mol. The fourth-order valence-corrected chi connectivity index (χ4v) is 1.19. The maximum Gasteiger partial charge on any atom is 0.143 e. The monoisotopic (exact) mass is 208 g/mol. The van der Waals surface area contributed by atoms with Crippen LogP contribution in [0, 0.1) is 17.1 Å². The van der Waals surface area contributed by atoms with Crippen molar-refractivity contribution in [3.63, 3.8) is 0 Å². The third kappa shape index (κ3) is 3.22. The van der Waals surface area contributed by atoms with E-state index in [0.717, 1.165) is 0 Å². The molecule has 15 heavy (non-hydrogen) atoms. The van der Waals surface area contributed by atoms with Crippen molar-refractivity contribution in [2.24, 2.45) is 0 Å². The SMILES string of the molecule is CCOCCNc1cccc(F)c1C#N. The summed E-state index contributed by atoms with van der Waals surface area (Å²) in [6.07, 6.45) is 0. The first kappa shape index (κ1) is 11.5. The van der Waals surface area contributed by atoms with Gasteiger partial charge in [-0.2, -0.15) is 5.26 Å². The molecule has 0 bridgehead atoms. The second-order valence-electron chi connectivity index (χ2n) is 2.90. The highest BCUT2D eigenvalue weighted by atomic mass is 19.1. The van der Waals surface area contributed by atoms with E-state index in [1.54, 1.807) is 12.1 Å². The van der Waals surface area contributed by atoms with E-state index >= 15 is 0 Å². The maximum absolute atomic E-state index is 13.1. The largest absolute Gasteiger partial charge is 0.382 e. The summed E-state index contributed by atoms with van der Waals surface area (Å²) in [6, 6.07) is 6.34. The average molecular weight is 208 g/mol. The summed E-state index contributed by atoms with van der Waals surface area (Å²) in [5.74, 6) is -0.501. The Balaban J connectivity index is 2.61. The van der Waals surface area contributed by atoms with Crippen molar-refractivity contribution < 1.29 is 9.13 Å². The molecule has 0 unspecified atom stereocenters. The van der Waals surface area contributed by atoms with Gasteiger partial charge in [-0.3, -0.25) is 0 Å². The standard InChI is InChI=1S/C11H13FN2O/c1-2-15-7-6-14-11-5-3-4-10(12)9(11)8-13/h3-5,14H,2,6-7H2,1H3. The van der Waals surface area contributed by atoms with Gasteiger partial charge in [-0.25, -0.2) is 4.39 Å².